The van der Waals surface area contributed by atoms with Crippen LogP contribution in [0, 0.1) is 0 Å². The summed E-state index contributed by atoms with van der Waals surface area (Å²) in [5.74, 6) is 0. The number of carbonyl (C=O) groups is 1. The van der Waals surface area contributed by atoms with E-state index in [-0.39, 0.29) is 18.1 Å². The number of nitrogen functional groups attached to an aromatic ring is 1. The van der Waals surface area contributed by atoms with E-state index in [1.165, 1.54) is 0 Å². The van der Waals surface area contributed by atoms with E-state index < -0.39 is 0 Å². The lowest BCUT2D eigenvalue weighted by molar-refractivity contribution is 0.173. The molecule has 1 unspecified atom stereocenters. The van der Waals surface area contributed by atoms with Crippen molar-refractivity contribution in [3.05, 3.63) is 59.7 Å². The summed E-state index contributed by atoms with van der Waals surface area (Å²) in [6.45, 7) is 6.47. The number of nitrogens with one attached hydrogen (secondary N) is 1. The summed E-state index contributed by atoms with van der Waals surface area (Å²) in [6.07, 6.45) is 0. The van der Waals surface area contributed by atoms with Crippen LogP contribution in [0.5, 0.6) is 0 Å². The summed E-state index contributed by atoms with van der Waals surface area (Å²) < 4.78 is 0. The largest absolute Gasteiger partial charge is 0.399 e. The van der Waals surface area contributed by atoms with Crippen molar-refractivity contribution in [2.24, 2.45) is 0 Å². The summed E-state index contributed by atoms with van der Waals surface area (Å²) in [5, 5.41) is 3.02. The molecular weight excluding hydrogens is 324 g/mol. The van der Waals surface area contributed by atoms with Crippen LogP contribution in [0.25, 0.3) is 0 Å². The molecule has 0 saturated carbocycles. The molecule has 2 aromatic rings. The molecule has 0 aliphatic rings. The van der Waals surface area contributed by atoms with Crippen molar-refractivity contribution in [1.82, 2.24) is 10.2 Å². The van der Waals surface area contributed by atoms with Crippen LogP contribution in [0.15, 0.2) is 48.5 Å². The lowest BCUT2D eigenvalue weighted by Gasteiger charge is -2.32. The Morgan fingerprint density at radius 1 is 1.08 bits per heavy atom. The highest BCUT2D eigenvalue weighted by Gasteiger charge is 2.23. The van der Waals surface area contributed by atoms with Gasteiger partial charge in [0.15, 0.2) is 0 Å². The molecule has 1 atom stereocenters. The van der Waals surface area contributed by atoms with Crippen molar-refractivity contribution >= 4 is 17.4 Å². The number of hydrogen-bond acceptors (Lipinski definition) is 3. The first-order valence-corrected chi connectivity index (χ1v) is 8.97. The first kappa shape index (κ1) is 19.6. The molecule has 0 radical (unpaired) electrons. The minimum atomic E-state index is -0.0801. The van der Waals surface area contributed by atoms with Gasteiger partial charge in [0.25, 0.3) is 0 Å². The monoisotopic (exact) mass is 354 g/mol. The van der Waals surface area contributed by atoms with Gasteiger partial charge in [0, 0.05) is 31.5 Å². The highest BCUT2D eigenvalue weighted by Crippen LogP contribution is 2.28. The number of rotatable bonds is 6. The summed E-state index contributed by atoms with van der Waals surface area (Å²) in [6, 6.07) is 15.8. The fraction of sp³-hybridized carbons (Fsp3) is 0.381. The number of nitrogens with two attached hydrogens (primary N) is 1. The van der Waals surface area contributed by atoms with Crippen molar-refractivity contribution in [2.45, 2.75) is 39.4 Å². The van der Waals surface area contributed by atoms with Crippen LogP contribution in [0.3, 0.4) is 0 Å². The van der Waals surface area contributed by atoms with E-state index in [1.54, 1.807) is 0 Å². The van der Waals surface area contributed by atoms with Crippen LogP contribution in [-0.2, 0) is 6.54 Å². The van der Waals surface area contributed by atoms with Gasteiger partial charge >= 0.3 is 6.03 Å². The number of hydrogen-bond donors (Lipinski definition) is 2. The van der Waals surface area contributed by atoms with Crippen molar-refractivity contribution in [3.8, 4) is 0 Å². The van der Waals surface area contributed by atoms with E-state index in [1.807, 2.05) is 86.3 Å². The second-order valence-electron chi connectivity index (χ2n) is 7.10. The SMILES string of the molecule is CC(C)NC(=O)N(Cc1cc(N)ccc1N(C)C)C(C)c1ccccc1. The fourth-order valence-corrected chi connectivity index (χ4v) is 2.98. The fourth-order valence-electron chi connectivity index (χ4n) is 2.98. The molecule has 5 nitrogen and oxygen atoms in total. The zero-order valence-electron chi connectivity index (χ0n) is 16.4. The average molecular weight is 354 g/mol. The molecular formula is C21H30N4O. The van der Waals surface area contributed by atoms with Gasteiger partial charge in [-0.2, -0.15) is 0 Å². The standard InChI is InChI=1S/C21H30N4O/c1-15(2)23-21(26)25(16(3)17-9-7-6-8-10-17)14-18-13-19(22)11-12-20(18)24(4)5/h6-13,15-16H,14,22H2,1-5H3,(H,23,26). The molecule has 0 saturated heterocycles. The van der Waals surface area contributed by atoms with Gasteiger partial charge in [-0.3, -0.25) is 0 Å². The van der Waals surface area contributed by atoms with E-state index in [9.17, 15) is 4.79 Å². The van der Waals surface area contributed by atoms with Crippen molar-refractivity contribution in [1.29, 1.82) is 0 Å². The van der Waals surface area contributed by atoms with Gasteiger partial charge in [-0.15, -0.1) is 0 Å². The van der Waals surface area contributed by atoms with Crippen LogP contribution in [0.1, 0.15) is 37.9 Å². The number of urea groups is 1. The Kier molecular flexibility index (Phi) is 6.50. The molecule has 0 aliphatic heterocycles. The summed E-state index contributed by atoms with van der Waals surface area (Å²) in [4.78, 5) is 16.8. The van der Waals surface area contributed by atoms with E-state index in [0.29, 0.717) is 12.2 Å². The highest BCUT2D eigenvalue weighted by molar-refractivity contribution is 5.75. The van der Waals surface area contributed by atoms with Crippen molar-refractivity contribution in [3.63, 3.8) is 0 Å². The third kappa shape index (κ3) is 4.91. The molecule has 0 heterocycles. The van der Waals surface area contributed by atoms with Gasteiger partial charge < -0.3 is 20.9 Å². The quantitative estimate of drug-likeness (QED) is 0.770. The van der Waals surface area contributed by atoms with Crippen LogP contribution in [0.4, 0.5) is 16.2 Å². The van der Waals surface area contributed by atoms with Crippen LogP contribution in [-0.4, -0.2) is 31.1 Å². The maximum Gasteiger partial charge on any atom is 0.318 e. The molecule has 0 aliphatic carbocycles. The smallest absolute Gasteiger partial charge is 0.318 e. The lowest BCUT2D eigenvalue weighted by Crippen LogP contribution is -2.43. The Morgan fingerprint density at radius 2 is 1.73 bits per heavy atom. The highest BCUT2D eigenvalue weighted by atomic mass is 16.2. The molecule has 0 spiro atoms. The van der Waals surface area contributed by atoms with Crippen LogP contribution >= 0.6 is 0 Å². The van der Waals surface area contributed by atoms with Gasteiger partial charge in [-0.1, -0.05) is 30.3 Å². The zero-order valence-corrected chi connectivity index (χ0v) is 16.4. The summed E-state index contributed by atoms with van der Waals surface area (Å²) in [5.41, 5.74) is 9.89. The molecule has 0 aromatic heterocycles. The number of amides is 2. The second kappa shape index (κ2) is 8.61. The van der Waals surface area contributed by atoms with Crippen molar-refractivity contribution < 1.29 is 4.79 Å². The second-order valence-corrected chi connectivity index (χ2v) is 7.10. The lowest BCUT2D eigenvalue weighted by atomic mass is 10.0. The average Bonchev–Trinajstić information content (AvgIpc) is 2.59. The molecule has 0 bridgehead atoms. The molecule has 2 rings (SSSR count). The number of nitrogens with zero attached hydrogens (tertiary/aromatic N) is 2. The molecule has 2 amide bonds. The Labute approximate surface area is 156 Å². The summed E-state index contributed by atoms with van der Waals surface area (Å²) in [7, 11) is 3.99. The zero-order chi connectivity index (χ0) is 19.3. The molecule has 140 valence electrons. The Balaban J connectivity index is 2.39. The Bertz CT molecular complexity index is 728. The maximum absolute atomic E-state index is 12.9. The van der Waals surface area contributed by atoms with Gasteiger partial charge in [-0.05, 0) is 50.1 Å². The van der Waals surface area contributed by atoms with Gasteiger partial charge in [0.05, 0.1) is 12.6 Å². The summed E-state index contributed by atoms with van der Waals surface area (Å²) >= 11 is 0. The minimum Gasteiger partial charge on any atom is -0.399 e. The number of anilines is 2. The van der Waals surface area contributed by atoms with Gasteiger partial charge in [0.2, 0.25) is 0 Å². The normalized spacial score (nSPS) is 11.9. The third-order valence-electron chi connectivity index (χ3n) is 4.35. The topological polar surface area (TPSA) is 61.6 Å². The van der Waals surface area contributed by atoms with Crippen molar-refractivity contribution in [2.75, 3.05) is 24.7 Å². The number of carbonyl (C=O) groups excluding carboxylic acids is 1. The maximum atomic E-state index is 12.9. The third-order valence-corrected chi connectivity index (χ3v) is 4.35. The Hall–Kier alpha value is -2.69. The van der Waals surface area contributed by atoms with Gasteiger partial charge in [0.1, 0.15) is 0 Å². The molecule has 2 aromatic carbocycles. The minimum absolute atomic E-state index is 0.0635. The van der Waals surface area contributed by atoms with E-state index in [0.717, 1.165) is 16.8 Å². The van der Waals surface area contributed by atoms with E-state index in [4.69, 9.17) is 5.73 Å². The molecule has 26 heavy (non-hydrogen) atoms. The predicted molar refractivity (Wildman–Crippen MR) is 109 cm³/mol. The predicted octanol–water partition coefficient (Wildman–Crippen LogP) is 4.02. The van der Waals surface area contributed by atoms with Gasteiger partial charge in [-0.25, -0.2) is 4.79 Å². The van der Waals surface area contributed by atoms with Crippen LogP contribution < -0.4 is 16.0 Å². The van der Waals surface area contributed by atoms with E-state index >= 15 is 0 Å². The molecule has 3 N–H and O–H groups in total. The first-order valence-electron chi connectivity index (χ1n) is 8.97. The Morgan fingerprint density at radius 3 is 2.31 bits per heavy atom. The molecule has 5 heteroatoms. The van der Waals surface area contributed by atoms with E-state index in [2.05, 4.69) is 12.2 Å². The molecule has 0 fully saturated rings. The first-order chi connectivity index (χ1) is 12.3. The number of benzene rings is 2. The van der Waals surface area contributed by atoms with Crippen LogP contribution in [0.2, 0.25) is 0 Å².